The van der Waals surface area contributed by atoms with Crippen LogP contribution in [-0.4, -0.2) is 36.0 Å². The van der Waals surface area contributed by atoms with E-state index in [1.54, 1.807) is 31.4 Å². The predicted molar refractivity (Wildman–Crippen MR) is 134 cm³/mol. The summed E-state index contributed by atoms with van der Waals surface area (Å²) in [5.74, 6) is -1.26. The zero-order valence-corrected chi connectivity index (χ0v) is 20.1. The molecule has 3 aromatic rings. The van der Waals surface area contributed by atoms with Gasteiger partial charge >= 0.3 is 5.97 Å². The Hall–Kier alpha value is -4.13. The lowest BCUT2D eigenvalue weighted by atomic mass is 9.95. The Kier molecular flexibility index (Phi) is 8.62. The van der Waals surface area contributed by atoms with Crippen LogP contribution in [0.2, 0.25) is 0 Å². The molecule has 1 atom stereocenters. The first-order valence-corrected chi connectivity index (χ1v) is 11.4. The van der Waals surface area contributed by atoms with Gasteiger partial charge in [-0.25, -0.2) is 0 Å². The Balaban J connectivity index is 1.72. The Morgan fingerprint density at radius 3 is 2.34 bits per heavy atom. The van der Waals surface area contributed by atoms with Crippen molar-refractivity contribution in [2.45, 2.75) is 39.3 Å². The molecule has 0 heterocycles. The number of carbonyl (C=O) groups excluding carboxylic acids is 2. The maximum atomic E-state index is 13.0. The van der Waals surface area contributed by atoms with Crippen LogP contribution < -0.4 is 15.4 Å². The highest BCUT2D eigenvalue weighted by molar-refractivity contribution is 5.98. The summed E-state index contributed by atoms with van der Waals surface area (Å²) in [6.45, 7) is 4.19. The van der Waals surface area contributed by atoms with E-state index in [1.807, 2.05) is 56.3 Å². The maximum absolute atomic E-state index is 13.0. The standard InChI is InChI=1S/C28H30N2O5/c1-18-7-4-5-10-23(18)24-12-11-21(15-19(24)2)27(33)30-25(13-14-26(31)32)28(34)29-17-20-8-6-9-22(16-20)35-3/h4-12,15-16,25H,13-14,17H2,1-3H3,(H,29,34)(H,30,33)(H,31,32)/t25-/m0/s1. The lowest BCUT2D eigenvalue weighted by molar-refractivity contribution is -0.137. The number of rotatable bonds is 10. The van der Waals surface area contributed by atoms with E-state index >= 15 is 0 Å². The Labute approximate surface area is 205 Å². The van der Waals surface area contributed by atoms with E-state index in [-0.39, 0.29) is 19.4 Å². The molecular weight excluding hydrogens is 444 g/mol. The summed E-state index contributed by atoms with van der Waals surface area (Å²) >= 11 is 0. The minimum atomic E-state index is -1.04. The SMILES string of the molecule is COc1cccc(CNC(=O)[C@H](CCC(=O)O)NC(=O)c2ccc(-c3ccccc3C)c(C)c2)c1. The number of benzene rings is 3. The van der Waals surface area contributed by atoms with E-state index in [9.17, 15) is 14.4 Å². The molecule has 2 amide bonds. The van der Waals surface area contributed by atoms with Gasteiger partial charge in [-0.15, -0.1) is 0 Å². The zero-order valence-electron chi connectivity index (χ0n) is 20.1. The molecule has 0 saturated carbocycles. The molecule has 0 aliphatic heterocycles. The van der Waals surface area contributed by atoms with Crippen LogP contribution in [0.5, 0.6) is 5.75 Å². The molecule has 7 nitrogen and oxygen atoms in total. The Bertz CT molecular complexity index is 1220. The fourth-order valence-corrected chi connectivity index (χ4v) is 3.86. The van der Waals surface area contributed by atoms with Crippen molar-refractivity contribution in [3.05, 3.63) is 89.0 Å². The van der Waals surface area contributed by atoms with Gasteiger partial charge in [0.25, 0.3) is 5.91 Å². The number of carboxylic acids is 1. The van der Waals surface area contributed by atoms with Crippen LogP contribution in [-0.2, 0) is 16.1 Å². The monoisotopic (exact) mass is 474 g/mol. The van der Waals surface area contributed by atoms with Crippen molar-refractivity contribution in [1.82, 2.24) is 10.6 Å². The Morgan fingerprint density at radius 2 is 1.66 bits per heavy atom. The molecule has 0 aromatic heterocycles. The Morgan fingerprint density at radius 1 is 0.914 bits per heavy atom. The highest BCUT2D eigenvalue weighted by atomic mass is 16.5. The topological polar surface area (TPSA) is 105 Å². The van der Waals surface area contributed by atoms with Crippen molar-refractivity contribution in [1.29, 1.82) is 0 Å². The van der Waals surface area contributed by atoms with Crippen molar-refractivity contribution in [3.63, 3.8) is 0 Å². The molecule has 0 unspecified atom stereocenters. The van der Waals surface area contributed by atoms with E-state index in [2.05, 4.69) is 10.6 Å². The second-order valence-electron chi connectivity index (χ2n) is 8.37. The first-order chi connectivity index (χ1) is 16.8. The smallest absolute Gasteiger partial charge is 0.303 e. The second-order valence-corrected chi connectivity index (χ2v) is 8.37. The molecule has 0 radical (unpaired) electrons. The average molecular weight is 475 g/mol. The van der Waals surface area contributed by atoms with Gasteiger partial charge in [0.2, 0.25) is 5.91 Å². The van der Waals surface area contributed by atoms with E-state index in [0.29, 0.717) is 11.3 Å². The molecule has 3 aromatic carbocycles. The molecule has 35 heavy (non-hydrogen) atoms. The summed E-state index contributed by atoms with van der Waals surface area (Å²) < 4.78 is 5.19. The summed E-state index contributed by atoms with van der Waals surface area (Å²) in [6.07, 6.45) is -0.270. The van der Waals surface area contributed by atoms with E-state index < -0.39 is 23.8 Å². The summed E-state index contributed by atoms with van der Waals surface area (Å²) in [4.78, 5) is 36.9. The summed E-state index contributed by atoms with van der Waals surface area (Å²) in [5.41, 5.74) is 5.40. The average Bonchev–Trinajstić information content (AvgIpc) is 2.85. The van der Waals surface area contributed by atoms with Gasteiger partial charge in [0.05, 0.1) is 7.11 Å². The number of amides is 2. The molecule has 3 N–H and O–H groups in total. The highest BCUT2D eigenvalue weighted by Crippen LogP contribution is 2.27. The molecule has 0 spiro atoms. The number of aryl methyl sites for hydroxylation is 2. The van der Waals surface area contributed by atoms with Crippen LogP contribution in [0.4, 0.5) is 0 Å². The van der Waals surface area contributed by atoms with Crippen molar-refractivity contribution in [2.24, 2.45) is 0 Å². The number of hydrogen-bond acceptors (Lipinski definition) is 4. The lowest BCUT2D eigenvalue weighted by Gasteiger charge is -2.19. The number of carboxylic acid groups (broad SMARTS) is 1. The van der Waals surface area contributed by atoms with Crippen LogP contribution in [0.25, 0.3) is 11.1 Å². The van der Waals surface area contributed by atoms with Crippen molar-refractivity contribution in [3.8, 4) is 16.9 Å². The van der Waals surface area contributed by atoms with Gasteiger partial charge in [-0.2, -0.15) is 0 Å². The third-order valence-corrected chi connectivity index (χ3v) is 5.79. The molecule has 0 saturated heterocycles. The summed E-state index contributed by atoms with van der Waals surface area (Å²) in [6, 6.07) is 19.7. The normalized spacial score (nSPS) is 11.4. The van der Waals surface area contributed by atoms with Crippen LogP contribution in [0.3, 0.4) is 0 Å². The highest BCUT2D eigenvalue weighted by Gasteiger charge is 2.23. The van der Waals surface area contributed by atoms with Crippen molar-refractivity contribution in [2.75, 3.05) is 7.11 Å². The molecule has 7 heteroatoms. The minimum Gasteiger partial charge on any atom is -0.497 e. The number of methoxy groups -OCH3 is 1. The molecular formula is C28H30N2O5. The van der Waals surface area contributed by atoms with Crippen LogP contribution in [0, 0.1) is 13.8 Å². The van der Waals surface area contributed by atoms with Gasteiger partial charge in [0.1, 0.15) is 11.8 Å². The maximum Gasteiger partial charge on any atom is 0.303 e. The van der Waals surface area contributed by atoms with Gasteiger partial charge in [-0.1, -0.05) is 42.5 Å². The second kappa shape index (κ2) is 11.8. The zero-order chi connectivity index (χ0) is 25.4. The number of carbonyl (C=O) groups is 3. The van der Waals surface area contributed by atoms with Crippen LogP contribution in [0.15, 0.2) is 66.7 Å². The lowest BCUT2D eigenvalue weighted by Crippen LogP contribution is -2.46. The summed E-state index contributed by atoms with van der Waals surface area (Å²) in [5, 5.41) is 14.6. The van der Waals surface area contributed by atoms with Crippen molar-refractivity contribution < 1.29 is 24.2 Å². The number of ether oxygens (including phenoxy) is 1. The number of hydrogen-bond donors (Lipinski definition) is 3. The number of aliphatic carboxylic acids is 1. The third kappa shape index (κ3) is 6.93. The minimum absolute atomic E-state index is 0.0225. The van der Waals surface area contributed by atoms with Crippen LogP contribution in [0.1, 0.15) is 39.9 Å². The first kappa shape index (κ1) is 25.5. The van der Waals surface area contributed by atoms with Gasteiger partial charge in [-0.05, 0) is 72.4 Å². The quantitative estimate of drug-likeness (QED) is 0.407. The molecule has 3 rings (SSSR count). The molecule has 182 valence electrons. The summed E-state index contributed by atoms with van der Waals surface area (Å²) in [7, 11) is 1.56. The fraction of sp³-hybridized carbons (Fsp3) is 0.250. The molecule has 0 aliphatic rings. The van der Waals surface area contributed by atoms with Crippen molar-refractivity contribution >= 4 is 17.8 Å². The fourth-order valence-electron chi connectivity index (χ4n) is 3.86. The molecule has 0 bridgehead atoms. The van der Waals surface area contributed by atoms with Gasteiger partial charge in [0.15, 0.2) is 0 Å². The number of nitrogens with one attached hydrogen (secondary N) is 2. The molecule has 0 fully saturated rings. The van der Waals surface area contributed by atoms with Crippen LogP contribution >= 0.6 is 0 Å². The largest absolute Gasteiger partial charge is 0.497 e. The van der Waals surface area contributed by atoms with Gasteiger partial charge in [0, 0.05) is 18.5 Å². The molecule has 0 aliphatic carbocycles. The third-order valence-electron chi connectivity index (χ3n) is 5.79. The predicted octanol–water partition coefficient (Wildman–Crippen LogP) is 4.26. The van der Waals surface area contributed by atoms with E-state index in [0.717, 1.165) is 27.8 Å². The van der Waals surface area contributed by atoms with Gasteiger partial charge < -0.3 is 20.5 Å². The van der Waals surface area contributed by atoms with Gasteiger partial charge in [-0.3, -0.25) is 14.4 Å². The van der Waals surface area contributed by atoms with E-state index in [1.165, 1.54) is 0 Å². The van der Waals surface area contributed by atoms with E-state index in [4.69, 9.17) is 9.84 Å². The first-order valence-electron chi connectivity index (χ1n) is 11.4.